The van der Waals surface area contributed by atoms with Gasteiger partial charge < -0.3 is 14.6 Å². The van der Waals surface area contributed by atoms with Crippen LogP contribution in [0, 0.1) is 0 Å². The maximum Gasteiger partial charge on any atom is 0.241 e. The number of benzene rings is 1. The largest absolute Gasteiger partial charge is 0.497 e. The quantitative estimate of drug-likeness (QED) is 0.931. The van der Waals surface area contributed by atoms with E-state index in [0.717, 1.165) is 24.4 Å². The lowest BCUT2D eigenvalue weighted by atomic mass is 10.1. The molecule has 1 aliphatic heterocycles. The Morgan fingerprint density at radius 1 is 1.23 bits per heavy atom. The first kappa shape index (κ1) is 15.0. The van der Waals surface area contributed by atoms with Crippen LogP contribution in [0.25, 0.3) is 11.4 Å². The molecule has 6 heteroatoms. The number of nitrogens with zero attached hydrogens (tertiary/aromatic N) is 3. The van der Waals surface area contributed by atoms with Gasteiger partial charge in [-0.1, -0.05) is 5.16 Å². The van der Waals surface area contributed by atoms with Crippen LogP contribution in [-0.4, -0.2) is 47.3 Å². The summed E-state index contributed by atoms with van der Waals surface area (Å²) < 4.78 is 10.5. The minimum absolute atomic E-state index is 0.479. The molecule has 1 aliphatic rings. The summed E-state index contributed by atoms with van der Waals surface area (Å²) in [7, 11) is 1.65. The zero-order valence-corrected chi connectivity index (χ0v) is 13.2. The van der Waals surface area contributed by atoms with E-state index >= 15 is 0 Å². The standard InChI is InChI=1S/C16H22N4O2/c1-11-8-20(9-12(2)17-11)10-15-18-16(19-22-15)13-4-6-14(21-3)7-5-13/h4-7,11-12,17H,8-10H2,1-3H3. The molecule has 0 saturated carbocycles. The van der Waals surface area contributed by atoms with Gasteiger partial charge in [-0.3, -0.25) is 4.90 Å². The molecule has 1 fully saturated rings. The van der Waals surface area contributed by atoms with Gasteiger partial charge in [0.1, 0.15) is 5.75 Å². The van der Waals surface area contributed by atoms with Crippen LogP contribution < -0.4 is 10.1 Å². The molecule has 1 aromatic carbocycles. The molecule has 1 saturated heterocycles. The van der Waals surface area contributed by atoms with Gasteiger partial charge in [-0.25, -0.2) is 0 Å². The van der Waals surface area contributed by atoms with Crippen LogP contribution in [0.15, 0.2) is 28.8 Å². The lowest BCUT2D eigenvalue weighted by Gasteiger charge is -2.35. The lowest BCUT2D eigenvalue weighted by molar-refractivity contribution is 0.149. The van der Waals surface area contributed by atoms with Gasteiger partial charge in [-0.05, 0) is 38.1 Å². The Hall–Kier alpha value is -1.92. The van der Waals surface area contributed by atoms with Crippen LogP contribution >= 0.6 is 0 Å². The average Bonchev–Trinajstić information content (AvgIpc) is 2.95. The molecule has 0 amide bonds. The molecule has 118 valence electrons. The fourth-order valence-corrected chi connectivity index (χ4v) is 2.94. The van der Waals surface area contributed by atoms with E-state index in [4.69, 9.17) is 9.26 Å². The number of nitrogens with one attached hydrogen (secondary N) is 1. The van der Waals surface area contributed by atoms with Gasteiger partial charge in [-0.2, -0.15) is 4.98 Å². The molecule has 6 nitrogen and oxygen atoms in total. The molecule has 0 spiro atoms. The van der Waals surface area contributed by atoms with E-state index in [1.165, 1.54) is 0 Å². The van der Waals surface area contributed by atoms with Crippen molar-refractivity contribution in [3.05, 3.63) is 30.2 Å². The van der Waals surface area contributed by atoms with Gasteiger partial charge in [0.15, 0.2) is 0 Å². The molecule has 2 atom stereocenters. The van der Waals surface area contributed by atoms with E-state index in [-0.39, 0.29) is 0 Å². The van der Waals surface area contributed by atoms with Crippen molar-refractivity contribution in [2.45, 2.75) is 32.5 Å². The van der Waals surface area contributed by atoms with E-state index in [0.29, 0.717) is 30.3 Å². The van der Waals surface area contributed by atoms with Gasteiger partial charge in [0.05, 0.1) is 13.7 Å². The van der Waals surface area contributed by atoms with E-state index in [2.05, 4.69) is 34.2 Å². The Bertz CT molecular complexity index is 601. The van der Waals surface area contributed by atoms with Crippen molar-refractivity contribution in [1.29, 1.82) is 0 Å². The summed E-state index contributed by atoms with van der Waals surface area (Å²) in [5.74, 6) is 2.09. The van der Waals surface area contributed by atoms with Crippen LogP contribution in [0.4, 0.5) is 0 Å². The number of piperazine rings is 1. The van der Waals surface area contributed by atoms with Gasteiger partial charge in [0.2, 0.25) is 11.7 Å². The molecule has 3 rings (SSSR count). The number of hydrogen-bond donors (Lipinski definition) is 1. The second-order valence-corrected chi connectivity index (χ2v) is 5.90. The normalized spacial score (nSPS) is 22.7. The Kier molecular flexibility index (Phi) is 4.40. The second kappa shape index (κ2) is 6.46. The highest BCUT2D eigenvalue weighted by Gasteiger charge is 2.22. The number of ether oxygens (including phenoxy) is 1. The molecule has 1 N–H and O–H groups in total. The third kappa shape index (κ3) is 3.45. The molecule has 0 aliphatic carbocycles. The Labute approximate surface area is 130 Å². The minimum atomic E-state index is 0.479. The number of hydrogen-bond acceptors (Lipinski definition) is 6. The third-order valence-corrected chi connectivity index (χ3v) is 3.81. The SMILES string of the molecule is COc1ccc(-c2noc(CN3CC(C)NC(C)C3)n2)cc1. The Morgan fingerprint density at radius 3 is 2.55 bits per heavy atom. The van der Waals surface area contributed by atoms with Crippen molar-refractivity contribution in [3.8, 4) is 17.1 Å². The van der Waals surface area contributed by atoms with Gasteiger partial charge in [-0.15, -0.1) is 0 Å². The zero-order chi connectivity index (χ0) is 15.5. The highest BCUT2D eigenvalue weighted by atomic mass is 16.5. The summed E-state index contributed by atoms with van der Waals surface area (Å²) in [5.41, 5.74) is 0.929. The topological polar surface area (TPSA) is 63.4 Å². The van der Waals surface area contributed by atoms with Gasteiger partial charge in [0.25, 0.3) is 0 Å². The van der Waals surface area contributed by atoms with Crippen LogP contribution in [0.1, 0.15) is 19.7 Å². The van der Waals surface area contributed by atoms with Crippen molar-refractivity contribution in [1.82, 2.24) is 20.4 Å². The summed E-state index contributed by atoms with van der Waals surface area (Å²) in [5, 5.41) is 7.59. The number of aromatic nitrogens is 2. The molecular weight excluding hydrogens is 280 g/mol. The lowest BCUT2D eigenvalue weighted by Crippen LogP contribution is -2.53. The van der Waals surface area contributed by atoms with Crippen LogP contribution in [0.5, 0.6) is 5.75 Å². The van der Waals surface area contributed by atoms with Crippen molar-refractivity contribution in [2.24, 2.45) is 0 Å². The molecule has 2 unspecified atom stereocenters. The predicted octanol–water partition coefficient (Wildman–Crippen LogP) is 1.93. The van der Waals surface area contributed by atoms with E-state index in [1.54, 1.807) is 7.11 Å². The Morgan fingerprint density at radius 2 is 1.91 bits per heavy atom. The molecule has 22 heavy (non-hydrogen) atoms. The fraction of sp³-hybridized carbons (Fsp3) is 0.500. The highest BCUT2D eigenvalue weighted by Crippen LogP contribution is 2.20. The summed E-state index contributed by atoms with van der Waals surface area (Å²) in [6.07, 6.45) is 0. The molecular formula is C16H22N4O2. The minimum Gasteiger partial charge on any atom is -0.497 e. The smallest absolute Gasteiger partial charge is 0.241 e. The molecule has 2 heterocycles. The van der Waals surface area contributed by atoms with Crippen molar-refractivity contribution in [3.63, 3.8) is 0 Å². The van der Waals surface area contributed by atoms with Crippen LogP contribution in [-0.2, 0) is 6.54 Å². The van der Waals surface area contributed by atoms with E-state index in [1.807, 2.05) is 24.3 Å². The first-order chi connectivity index (χ1) is 10.6. The highest BCUT2D eigenvalue weighted by molar-refractivity contribution is 5.55. The first-order valence-corrected chi connectivity index (χ1v) is 7.59. The number of rotatable bonds is 4. The third-order valence-electron chi connectivity index (χ3n) is 3.81. The maximum atomic E-state index is 5.39. The summed E-state index contributed by atoms with van der Waals surface area (Å²) >= 11 is 0. The summed E-state index contributed by atoms with van der Waals surface area (Å²) in [6, 6.07) is 8.61. The summed E-state index contributed by atoms with van der Waals surface area (Å²) in [6.45, 7) is 7.06. The predicted molar refractivity (Wildman–Crippen MR) is 83.6 cm³/mol. The summed E-state index contributed by atoms with van der Waals surface area (Å²) in [4.78, 5) is 6.84. The van der Waals surface area contributed by atoms with Gasteiger partial charge >= 0.3 is 0 Å². The van der Waals surface area contributed by atoms with Crippen molar-refractivity contribution < 1.29 is 9.26 Å². The van der Waals surface area contributed by atoms with Crippen LogP contribution in [0.3, 0.4) is 0 Å². The average molecular weight is 302 g/mol. The molecule has 2 aromatic rings. The Balaban J connectivity index is 1.68. The molecule has 1 aromatic heterocycles. The zero-order valence-electron chi connectivity index (χ0n) is 13.2. The second-order valence-electron chi connectivity index (χ2n) is 5.90. The van der Waals surface area contributed by atoms with Gasteiger partial charge in [0, 0.05) is 30.7 Å². The monoisotopic (exact) mass is 302 g/mol. The maximum absolute atomic E-state index is 5.39. The van der Waals surface area contributed by atoms with Crippen molar-refractivity contribution >= 4 is 0 Å². The van der Waals surface area contributed by atoms with Crippen molar-refractivity contribution in [2.75, 3.05) is 20.2 Å². The van der Waals surface area contributed by atoms with E-state index in [9.17, 15) is 0 Å². The molecule has 0 radical (unpaired) electrons. The van der Waals surface area contributed by atoms with Crippen LogP contribution in [0.2, 0.25) is 0 Å². The first-order valence-electron chi connectivity index (χ1n) is 7.59. The van der Waals surface area contributed by atoms with E-state index < -0.39 is 0 Å². The number of methoxy groups -OCH3 is 1. The fourth-order valence-electron chi connectivity index (χ4n) is 2.94. The molecule has 0 bridgehead atoms.